The molecule has 1 aromatic rings. The maximum Gasteiger partial charge on any atom is 0.414 e. The first-order valence-corrected chi connectivity index (χ1v) is 7.00. The van der Waals surface area contributed by atoms with E-state index in [9.17, 15) is 18.0 Å². The summed E-state index contributed by atoms with van der Waals surface area (Å²) in [5.41, 5.74) is -0.248. The van der Waals surface area contributed by atoms with Crippen molar-refractivity contribution < 1.29 is 22.7 Å². The fourth-order valence-corrected chi connectivity index (χ4v) is 2.20. The molecule has 0 radical (unpaired) electrons. The van der Waals surface area contributed by atoms with Crippen LogP contribution in [0.4, 0.5) is 18.0 Å². The lowest BCUT2D eigenvalue weighted by Crippen LogP contribution is -2.36. The lowest BCUT2D eigenvalue weighted by molar-refractivity contribution is 0.0324. The fourth-order valence-electron chi connectivity index (χ4n) is 2.20. The van der Waals surface area contributed by atoms with Crippen LogP contribution in [0, 0.1) is 17.5 Å². The van der Waals surface area contributed by atoms with E-state index in [1.165, 1.54) is 11.1 Å². The van der Waals surface area contributed by atoms with Crippen LogP contribution in [0.15, 0.2) is 24.4 Å². The summed E-state index contributed by atoms with van der Waals surface area (Å²) in [5, 5.41) is 0. The second-order valence-corrected chi connectivity index (χ2v) is 6.21. The van der Waals surface area contributed by atoms with Crippen LogP contribution in [0.5, 0.6) is 0 Å². The average molecular weight is 313 g/mol. The lowest BCUT2D eigenvalue weighted by atomic mass is 9.93. The van der Waals surface area contributed by atoms with Crippen molar-refractivity contribution in [3.05, 3.63) is 47.4 Å². The number of halogens is 3. The van der Waals surface area contributed by atoms with Gasteiger partial charge in [0, 0.05) is 18.7 Å². The molecule has 22 heavy (non-hydrogen) atoms. The molecular formula is C16H18F3NO2. The molecule has 0 aromatic heterocycles. The summed E-state index contributed by atoms with van der Waals surface area (Å²) < 4.78 is 44.7. The summed E-state index contributed by atoms with van der Waals surface area (Å²) in [4.78, 5) is 13.3. The molecular weight excluding hydrogens is 295 g/mol. The molecule has 0 bridgehead atoms. The van der Waals surface area contributed by atoms with E-state index >= 15 is 0 Å². The molecule has 3 nitrogen and oxygen atoms in total. The molecule has 1 heterocycles. The van der Waals surface area contributed by atoms with Gasteiger partial charge < -0.3 is 4.74 Å². The van der Waals surface area contributed by atoms with Crippen molar-refractivity contribution >= 4 is 6.09 Å². The first kappa shape index (κ1) is 16.4. The molecule has 120 valence electrons. The molecule has 6 heteroatoms. The molecule has 0 aliphatic carbocycles. The van der Waals surface area contributed by atoms with E-state index in [-0.39, 0.29) is 5.92 Å². The molecule has 1 amide bonds. The third-order valence-corrected chi connectivity index (χ3v) is 3.24. The number of hydrogen-bond donors (Lipinski definition) is 0. The minimum atomic E-state index is -1.47. The molecule has 0 spiro atoms. The SMILES string of the molecule is CC(C)(C)OC(=O)N1C=C[C@@H](c2cc(F)c(F)c(F)c2)CC1. The Morgan fingerprint density at radius 1 is 1.23 bits per heavy atom. The summed E-state index contributed by atoms with van der Waals surface area (Å²) in [6.45, 7) is 5.67. The van der Waals surface area contributed by atoms with Crippen LogP contribution < -0.4 is 0 Å². The first-order chi connectivity index (χ1) is 10.2. The van der Waals surface area contributed by atoms with Crippen LogP contribution in [-0.4, -0.2) is 23.1 Å². The molecule has 0 unspecified atom stereocenters. The smallest absolute Gasteiger partial charge is 0.414 e. The van der Waals surface area contributed by atoms with E-state index in [1.807, 2.05) is 0 Å². The van der Waals surface area contributed by atoms with Crippen molar-refractivity contribution in [2.75, 3.05) is 6.54 Å². The molecule has 0 fully saturated rings. The van der Waals surface area contributed by atoms with Gasteiger partial charge >= 0.3 is 6.09 Å². The second kappa shape index (κ2) is 6.02. The van der Waals surface area contributed by atoms with Gasteiger partial charge in [-0.25, -0.2) is 18.0 Å². The Labute approximate surface area is 127 Å². The number of carbonyl (C=O) groups excluding carboxylic acids is 1. The van der Waals surface area contributed by atoms with Crippen molar-refractivity contribution in [2.45, 2.75) is 38.7 Å². The maximum atomic E-state index is 13.3. The first-order valence-electron chi connectivity index (χ1n) is 7.00. The minimum Gasteiger partial charge on any atom is -0.443 e. The topological polar surface area (TPSA) is 29.5 Å². The number of rotatable bonds is 1. The van der Waals surface area contributed by atoms with Gasteiger partial charge in [-0.05, 0) is 44.9 Å². The van der Waals surface area contributed by atoms with Crippen LogP contribution in [0.3, 0.4) is 0 Å². The average Bonchev–Trinajstić information content (AvgIpc) is 2.42. The zero-order chi connectivity index (χ0) is 16.5. The van der Waals surface area contributed by atoms with Crippen molar-refractivity contribution in [2.24, 2.45) is 0 Å². The minimum absolute atomic E-state index is 0.275. The summed E-state index contributed by atoms with van der Waals surface area (Å²) in [5.74, 6) is -4.17. The highest BCUT2D eigenvalue weighted by atomic mass is 19.2. The normalized spacial score (nSPS) is 18.5. The monoisotopic (exact) mass is 313 g/mol. The van der Waals surface area contributed by atoms with Gasteiger partial charge in [-0.1, -0.05) is 6.08 Å². The highest BCUT2D eigenvalue weighted by Crippen LogP contribution is 2.28. The predicted molar refractivity (Wildman–Crippen MR) is 75.8 cm³/mol. The van der Waals surface area contributed by atoms with Gasteiger partial charge in [0.25, 0.3) is 0 Å². The highest BCUT2D eigenvalue weighted by molar-refractivity contribution is 5.69. The standard InChI is InChI=1S/C16H18F3NO2/c1-16(2,3)22-15(21)20-6-4-10(5-7-20)11-8-12(17)14(19)13(18)9-11/h4,6,8-10H,5,7H2,1-3H3/t10-/m1/s1. The summed E-state index contributed by atoms with van der Waals surface area (Å²) in [6.07, 6.45) is 3.18. The molecule has 0 N–H and O–H groups in total. The highest BCUT2D eigenvalue weighted by Gasteiger charge is 2.25. The number of carbonyl (C=O) groups is 1. The van der Waals surface area contributed by atoms with Crippen molar-refractivity contribution in [1.29, 1.82) is 0 Å². The summed E-state index contributed by atoms with van der Waals surface area (Å²) in [7, 11) is 0. The maximum absolute atomic E-state index is 13.3. The zero-order valence-electron chi connectivity index (χ0n) is 12.7. The summed E-state index contributed by atoms with van der Waals surface area (Å²) in [6, 6.07) is 1.97. The number of nitrogens with zero attached hydrogens (tertiary/aromatic N) is 1. The Kier molecular flexibility index (Phi) is 4.49. The van der Waals surface area contributed by atoms with E-state index < -0.39 is 29.1 Å². The quantitative estimate of drug-likeness (QED) is 0.722. The Balaban J connectivity index is 2.10. The largest absolute Gasteiger partial charge is 0.443 e. The molecule has 1 aromatic carbocycles. The molecule has 1 atom stereocenters. The molecule has 1 aliphatic heterocycles. The predicted octanol–water partition coefficient (Wildman–Crippen LogP) is 4.34. The van der Waals surface area contributed by atoms with E-state index in [0.29, 0.717) is 18.5 Å². The van der Waals surface area contributed by atoms with Gasteiger partial charge in [0.1, 0.15) is 5.60 Å². The fraction of sp³-hybridized carbons (Fsp3) is 0.438. The van der Waals surface area contributed by atoms with Gasteiger partial charge in [0.05, 0.1) is 0 Å². The van der Waals surface area contributed by atoms with Gasteiger partial charge in [0.15, 0.2) is 17.5 Å². The van der Waals surface area contributed by atoms with Crippen LogP contribution in [0.25, 0.3) is 0 Å². The number of ether oxygens (including phenoxy) is 1. The van der Waals surface area contributed by atoms with Crippen molar-refractivity contribution in [3.63, 3.8) is 0 Å². The number of hydrogen-bond acceptors (Lipinski definition) is 2. The van der Waals surface area contributed by atoms with Crippen LogP contribution >= 0.6 is 0 Å². The van der Waals surface area contributed by atoms with Crippen LogP contribution in [0.1, 0.15) is 38.7 Å². The van der Waals surface area contributed by atoms with Crippen LogP contribution in [-0.2, 0) is 4.74 Å². The number of allylic oxidation sites excluding steroid dienone is 1. The summed E-state index contributed by atoms with van der Waals surface area (Å²) >= 11 is 0. The van der Waals surface area contributed by atoms with E-state index in [4.69, 9.17) is 4.74 Å². The third kappa shape index (κ3) is 3.81. The lowest BCUT2D eigenvalue weighted by Gasteiger charge is -2.29. The Hall–Kier alpha value is -1.98. The third-order valence-electron chi connectivity index (χ3n) is 3.24. The Bertz CT molecular complexity index is 585. The number of amides is 1. The second-order valence-electron chi connectivity index (χ2n) is 6.21. The van der Waals surface area contributed by atoms with Crippen molar-refractivity contribution in [3.8, 4) is 0 Å². The number of benzene rings is 1. The molecule has 2 rings (SSSR count). The molecule has 1 aliphatic rings. The van der Waals surface area contributed by atoms with Gasteiger partial charge in [-0.3, -0.25) is 4.90 Å². The van der Waals surface area contributed by atoms with Crippen LogP contribution in [0.2, 0.25) is 0 Å². The zero-order valence-corrected chi connectivity index (χ0v) is 12.7. The molecule has 0 saturated carbocycles. The van der Waals surface area contributed by atoms with Crippen molar-refractivity contribution in [1.82, 2.24) is 4.90 Å². The van der Waals surface area contributed by atoms with E-state index in [2.05, 4.69) is 0 Å². The van der Waals surface area contributed by atoms with Gasteiger partial charge in [0.2, 0.25) is 0 Å². The Morgan fingerprint density at radius 2 is 1.82 bits per heavy atom. The van der Waals surface area contributed by atoms with E-state index in [1.54, 1.807) is 26.8 Å². The Morgan fingerprint density at radius 3 is 2.27 bits per heavy atom. The van der Waals surface area contributed by atoms with Gasteiger partial charge in [-0.15, -0.1) is 0 Å². The van der Waals surface area contributed by atoms with E-state index in [0.717, 1.165) is 12.1 Å². The molecule has 0 saturated heterocycles. The van der Waals surface area contributed by atoms with Gasteiger partial charge in [-0.2, -0.15) is 0 Å².